The highest BCUT2D eigenvalue weighted by atomic mass is 15.1. The van der Waals surface area contributed by atoms with Crippen molar-refractivity contribution in [2.24, 2.45) is 10.8 Å². The highest BCUT2D eigenvalue weighted by molar-refractivity contribution is 4.98. The van der Waals surface area contributed by atoms with Crippen LogP contribution < -0.4 is 0 Å². The summed E-state index contributed by atoms with van der Waals surface area (Å²) in [5, 5.41) is 9.03. The molecule has 86 valence electrons. The first kappa shape index (κ1) is 12.5. The number of nitriles is 1. The smallest absolute Gasteiger partial charge is 0.0687 e. The van der Waals surface area contributed by atoms with Crippen LogP contribution in [0.2, 0.25) is 0 Å². The first-order valence-electron chi connectivity index (χ1n) is 5.98. The highest BCUT2D eigenvalue weighted by Crippen LogP contribution is 2.30. The molecule has 0 amide bonds. The molecule has 0 radical (unpaired) electrons. The molecular formula is C13H24N2. The Balaban J connectivity index is 2.30. The van der Waals surface area contributed by atoms with E-state index in [0.29, 0.717) is 5.41 Å². The summed E-state index contributed by atoms with van der Waals surface area (Å²) in [4.78, 5) is 2.50. The zero-order valence-corrected chi connectivity index (χ0v) is 10.6. The van der Waals surface area contributed by atoms with Gasteiger partial charge in [0.1, 0.15) is 0 Å². The first-order chi connectivity index (χ1) is 6.85. The zero-order chi connectivity index (χ0) is 11.5. The summed E-state index contributed by atoms with van der Waals surface area (Å²) < 4.78 is 0. The summed E-state index contributed by atoms with van der Waals surface area (Å²) in [6.45, 7) is 12.3. The molecule has 15 heavy (non-hydrogen) atoms. The van der Waals surface area contributed by atoms with E-state index in [2.05, 4.69) is 38.7 Å². The lowest BCUT2D eigenvalue weighted by molar-refractivity contribution is 0.141. The molecular weight excluding hydrogens is 184 g/mol. The Morgan fingerprint density at radius 2 is 1.80 bits per heavy atom. The van der Waals surface area contributed by atoms with Gasteiger partial charge >= 0.3 is 0 Å². The van der Waals surface area contributed by atoms with E-state index in [4.69, 9.17) is 5.26 Å². The predicted octanol–water partition coefficient (Wildman–Crippen LogP) is 3.05. The molecule has 0 atom stereocenters. The molecule has 0 aliphatic carbocycles. The van der Waals surface area contributed by atoms with E-state index in [0.717, 1.165) is 25.9 Å². The van der Waals surface area contributed by atoms with Gasteiger partial charge in [0.25, 0.3) is 0 Å². The van der Waals surface area contributed by atoms with Crippen LogP contribution in [0.5, 0.6) is 0 Å². The minimum atomic E-state index is -0.0573. The molecule has 1 aliphatic rings. The second-order valence-corrected chi connectivity index (χ2v) is 6.32. The van der Waals surface area contributed by atoms with Crippen molar-refractivity contribution in [2.75, 3.05) is 19.6 Å². The van der Waals surface area contributed by atoms with Crippen LogP contribution in [0, 0.1) is 22.2 Å². The minimum absolute atomic E-state index is 0.0573. The van der Waals surface area contributed by atoms with Gasteiger partial charge in [-0.05, 0) is 51.2 Å². The molecule has 0 aromatic rings. The highest BCUT2D eigenvalue weighted by Gasteiger charge is 2.29. The van der Waals surface area contributed by atoms with Crippen LogP contribution in [-0.4, -0.2) is 24.5 Å². The SMILES string of the molecule is CC(C)(C)CCN1CCC(C)(C#N)CC1. The van der Waals surface area contributed by atoms with Gasteiger partial charge in [-0.2, -0.15) is 5.26 Å². The monoisotopic (exact) mass is 208 g/mol. The molecule has 0 unspecified atom stereocenters. The van der Waals surface area contributed by atoms with Crippen molar-refractivity contribution in [3.05, 3.63) is 0 Å². The van der Waals surface area contributed by atoms with Crippen LogP contribution >= 0.6 is 0 Å². The maximum absolute atomic E-state index is 9.03. The van der Waals surface area contributed by atoms with Crippen LogP contribution in [-0.2, 0) is 0 Å². The van der Waals surface area contributed by atoms with Gasteiger partial charge in [0.2, 0.25) is 0 Å². The second-order valence-electron chi connectivity index (χ2n) is 6.32. The van der Waals surface area contributed by atoms with E-state index in [1.165, 1.54) is 13.0 Å². The molecule has 0 aromatic carbocycles. The van der Waals surface area contributed by atoms with E-state index < -0.39 is 0 Å². The molecule has 0 bridgehead atoms. The Morgan fingerprint density at radius 1 is 1.27 bits per heavy atom. The predicted molar refractivity (Wildman–Crippen MR) is 63.5 cm³/mol. The molecule has 1 rings (SSSR count). The molecule has 0 saturated carbocycles. The van der Waals surface area contributed by atoms with E-state index in [9.17, 15) is 0 Å². The van der Waals surface area contributed by atoms with Gasteiger partial charge in [0, 0.05) is 0 Å². The van der Waals surface area contributed by atoms with E-state index in [-0.39, 0.29) is 5.41 Å². The lowest BCUT2D eigenvalue weighted by Gasteiger charge is -2.36. The number of hydrogen-bond donors (Lipinski definition) is 0. The maximum atomic E-state index is 9.03. The molecule has 1 saturated heterocycles. The van der Waals surface area contributed by atoms with E-state index >= 15 is 0 Å². The van der Waals surface area contributed by atoms with Gasteiger partial charge in [-0.3, -0.25) is 0 Å². The lowest BCUT2D eigenvalue weighted by atomic mass is 9.81. The molecule has 1 aliphatic heterocycles. The summed E-state index contributed by atoms with van der Waals surface area (Å²) in [7, 11) is 0. The van der Waals surface area contributed by atoms with Crippen molar-refractivity contribution >= 4 is 0 Å². The minimum Gasteiger partial charge on any atom is -0.303 e. The van der Waals surface area contributed by atoms with Gasteiger partial charge in [0.15, 0.2) is 0 Å². The summed E-state index contributed by atoms with van der Waals surface area (Å²) in [6.07, 6.45) is 3.32. The van der Waals surface area contributed by atoms with Gasteiger partial charge in [-0.1, -0.05) is 20.8 Å². The number of likely N-dealkylation sites (tertiary alicyclic amines) is 1. The molecule has 2 heteroatoms. The summed E-state index contributed by atoms with van der Waals surface area (Å²) >= 11 is 0. The molecule has 0 N–H and O–H groups in total. The normalized spacial score (nSPS) is 22.3. The van der Waals surface area contributed by atoms with E-state index in [1.54, 1.807) is 0 Å². The summed E-state index contributed by atoms with van der Waals surface area (Å²) in [6, 6.07) is 2.45. The second kappa shape index (κ2) is 4.53. The van der Waals surface area contributed by atoms with Crippen molar-refractivity contribution in [2.45, 2.75) is 47.0 Å². The topological polar surface area (TPSA) is 27.0 Å². The third-order valence-electron chi connectivity index (χ3n) is 3.41. The van der Waals surface area contributed by atoms with Crippen LogP contribution in [0.25, 0.3) is 0 Å². The Labute approximate surface area is 94.3 Å². The average Bonchev–Trinajstić information content (AvgIpc) is 2.16. The maximum Gasteiger partial charge on any atom is 0.0687 e. The number of hydrogen-bond acceptors (Lipinski definition) is 2. The molecule has 0 aromatic heterocycles. The Kier molecular flexibility index (Phi) is 3.78. The molecule has 1 heterocycles. The van der Waals surface area contributed by atoms with Gasteiger partial charge in [-0.25, -0.2) is 0 Å². The van der Waals surface area contributed by atoms with Gasteiger partial charge in [0.05, 0.1) is 11.5 Å². The average molecular weight is 208 g/mol. The Hall–Kier alpha value is -0.550. The number of piperidine rings is 1. The van der Waals surface area contributed by atoms with Crippen molar-refractivity contribution < 1.29 is 0 Å². The van der Waals surface area contributed by atoms with Crippen LogP contribution in [0.4, 0.5) is 0 Å². The molecule has 2 nitrogen and oxygen atoms in total. The van der Waals surface area contributed by atoms with Gasteiger partial charge < -0.3 is 4.90 Å². The summed E-state index contributed by atoms with van der Waals surface area (Å²) in [5.74, 6) is 0. The molecule has 0 spiro atoms. The molecule has 1 fully saturated rings. The fourth-order valence-electron chi connectivity index (χ4n) is 1.88. The van der Waals surface area contributed by atoms with Crippen LogP contribution in [0.3, 0.4) is 0 Å². The Bertz CT molecular complexity index is 236. The quantitative estimate of drug-likeness (QED) is 0.697. The standard InChI is InChI=1S/C13H24N2/c1-12(2,3)5-8-15-9-6-13(4,11-14)7-10-15/h5-10H2,1-4H3. The van der Waals surface area contributed by atoms with Crippen molar-refractivity contribution in [1.29, 1.82) is 5.26 Å². The van der Waals surface area contributed by atoms with Crippen molar-refractivity contribution in [3.63, 3.8) is 0 Å². The van der Waals surface area contributed by atoms with Crippen molar-refractivity contribution in [1.82, 2.24) is 4.90 Å². The summed E-state index contributed by atoms with van der Waals surface area (Å²) in [5.41, 5.74) is 0.369. The third-order valence-corrected chi connectivity index (χ3v) is 3.41. The zero-order valence-electron chi connectivity index (χ0n) is 10.6. The largest absolute Gasteiger partial charge is 0.303 e. The number of rotatable bonds is 2. The fraction of sp³-hybridized carbons (Fsp3) is 0.923. The first-order valence-corrected chi connectivity index (χ1v) is 5.98. The van der Waals surface area contributed by atoms with Crippen LogP contribution in [0.15, 0.2) is 0 Å². The fourth-order valence-corrected chi connectivity index (χ4v) is 1.88. The number of nitrogens with zero attached hydrogens (tertiary/aromatic N) is 2. The third kappa shape index (κ3) is 4.22. The van der Waals surface area contributed by atoms with Gasteiger partial charge in [-0.15, -0.1) is 0 Å². The Morgan fingerprint density at radius 3 is 2.20 bits per heavy atom. The van der Waals surface area contributed by atoms with Crippen molar-refractivity contribution in [3.8, 4) is 6.07 Å². The van der Waals surface area contributed by atoms with E-state index in [1.807, 2.05) is 0 Å². The lowest BCUT2D eigenvalue weighted by Crippen LogP contribution is -2.39. The van der Waals surface area contributed by atoms with Crippen LogP contribution in [0.1, 0.15) is 47.0 Å².